The van der Waals surface area contributed by atoms with Gasteiger partial charge in [-0.25, -0.2) is 0 Å². The molecule has 1 N–H and O–H groups in total. The molecule has 0 fully saturated rings. The second kappa shape index (κ2) is 4.96. The van der Waals surface area contributed by atoms with E-state index < -0.39 is 24.5 Å². The van der Waals surface area contributed by atoms with Gasteiger partial charge in [-0.05, 0) is 24.1 Å². The van der Waals surface area contributed by atoms with Crippen LogP contribution in [0.15, 0.2) is 18.2 Å². The minimum atomic E-state index is -4.60. The molecule has 0 bridgehead atoms. The zero-order valence-electron chi connectivity index (χ0n) is 8.88. The first-order valence-corrected chi connectivity index (χ1v) is 5.14. The van der Waals surface area contributed by atoms with Gasteiger partial charge in [-0.15, -0.1) is 0 Å². The van der Waals surface area contributed by atoms with Crippen molar-refractivity contribution in [3.63, 3.8) is 0 Å². The Balaban J connectivity index is 3.22. The van der Waals surface area contributed by atoms with Gasteiger partial charge in [0.15, 0.2) is 0 Å². The van der Waals surface area contributed by atoms with Gasteiger partial charge < -0.3 is 5.11 Å². The van der Waals surface area contributed by atoms with E-state index in [0.29, 0.717) is 0 Å². The molecule has 0 aliphatic heterocycles. The van der Waals surface area contributed by atoms with Gasteiger partial charge in [0.05, 0.1) is 12.3 Å². The van der Waals surface area contributed by atoms with Crippen LogP contribution < -0.4 is 0 Å². The first kappa shape index (κ1) is 13.8. The van der Waals surface area contributed by atoms with Crippen LogP contribution in [0.2, 0.25) is 5.02 Å². The zero-order valence-corrected chi connectivity index (χ0v) is 9.64. The highest BCUT2D eigenvalue weighted by molar-refractivity contribution is 6.31. The fourth-order valence-electron chi connectivity index (χ4n) is 1.58. The third-order valence-electron chi connectivity index (χ3n) is 2.46. The number of aliphatic carboxylic acids is 1. The highest BCUT2D eigenvalue weighted by Crippen LogP contribution is 2.40. The van der Waals surface area contributed by atoms with Crippen LogP contribution in [-0.4, -0.2) is 17.3 Å². The summed E-state index contributed by atoms with van der Waals surface area (Å²) in [4.78, 5) is 10.5. The summed E-state index contributed by atoms with van der Waals surface area (Å²) in [6.07, 6.45) is -5.60. The molecule has 0 spiro atoms. The molecule has 0 saturated heterocycles. The highest BCUT2D eigenvalue weighted by atomic mass is 35.5. The molecule has 0 aliphatic rings. The Morgan fingerprint density at radius 3 is 2.53 bits per heavy atom. The van der Waals surface area contributed by atoms with E-state index in [1.165, 1.54) is 25.1 Å². The van der Waals surface area contributed by atoms with E-state index in [4.69, 9.17) is 16.7 Å². The van der Waals surface area contributed by atoms with Gasteiger partial charge in [-0.1, -0.05) is 23.7 Å². The lowest BCUT2D eigenvalue weighted by Crippen LogP contribution is -2.24. The minimum absolute atomic E-state index is 0.0904. The average molecular weight is 267 g/mol. The van der Waals surface area contributed by atoms with Crippen molar-refractivity contribution in [1.82, 2.24) is 0 Å². The molecule has 94 valence electrons. The Morgan fingerprint density at radius 2 is 2.06 bits per heavy atom. The fourth-order valence-corrected chi connectivity index (χ4v) is 1.76. The molecule has 1 aromatic rings. The Kier molecular flexibility index (Phi) is 4.03. The summed E-state index contributed by atoms with van der Waals surface area (Å²) in [7, 11) is 0. The van der Waals surface area contributed by atoms with E-state index >= 15 is 0 Å². The molecule has 0 saturated carbocycles. The fraction of sp³-hybridized carbons (Fsp3) is 0.364. The zero-order chi connectivity index (χ0) is 13.2. The topological polar surface area (TPSA) is 37.3 Å². The predicted molar refractivity (Wildman–Crippen MR) is 57.2 cm³/mol. The summed E-state index contributed by atoms with van der Waals surface area (Å²) in [6.45, 7) is 1.44. The molecule has 0 radical (unpaired) electrons. The van der Waals surface area contributed by atoms with Gasteiger partial charge in [0.1, 0.15) is 0 Å². The number of benzene rings is 1. The molecule has 1 atom stereocenters. The smallest absolute Gasteiger partial charge is 0.396 e. The first-order valence-electron chi connectivity index (χ1n) is 4.77. The van der Waals surface area contributed by atoms with Gasteiger partial charge in [-0.3, -0.25) is 4.79 Å². The molecular formula is C11H10ClF3O2. The van der Waals surface area contributed by atoms with Crippen molar-refractivity contribution in [3.05, 3.63) is 34.3 Å². The van der Waals surface area contributed by atoms with Crippen LogP contribution in [0.1, 0.15) is 23.5 Å². The predicted octanol–water partition coefficient (Wildman–Crippen LogP) is 3.77. The minimum Gasteiger partial charge on any atom is -0.481 e. The summed E-state index contributed by atoms with van der Waals surface area (Å²) < 4.78 is 38.3. The normalized spacial score (nSPS) is 13.5. The number of halogens is 4. The van der Waals surface area contributed by atoms with Gasteiger partial charge in [0, 0.05) is 5.02 Å². The van der Waals surface area contributed by atoms with Gasteiger partial charge in [0.2, 0.25) is 0 Å². The lowest BCUT2D eigenvalue weighted by molar-refractivity contribution is -0.163. The van der Waals surface area contributed by atoms with E-state index in [0.717, 1.165) is 0 Å². The van der Waals surface area contributed by atoms with Crippen LogP contribution in [0.3, 0.4) is 0 Å². The summed E-state index contributed by atoms with van der Waals surface area (Å²) in [5.74, 6) is -3.52. The number of carbonyl (C=O) groups is 1. The van der Waals surface area contributed by atoms with Crippen molar-refractivity contribution in [2.24, 2.45) is 0 Å². The van der Waals surface area contributed by atoms with E-state index in [1.807, 2.05) is 0 Å². The Bertz CT molecular complexity index is 429. The Labute approximate surface area is 101 Å². The van der Waals surface area contributed by atoms with Crippen molar-refractivity contribution in [2.75, 3.05) is 0 Å². The van der Waals surface area contributed by atoms with Crippen LogP contribution in [0.5, 0.6) is 0 Å². The Morgan fingerprint density at radius 1 is 1.47 bits per heavy atom. The maximum atomic E-state index is 12.8. The maximum Gasteiger partial charge on any atom is 0.396 e. The molecule has 17 heavy (non-hydrogen) atoms. The largest absolute Gasteiger partial charge is 0.481 e. The summed E-state index contributed by atoms with van der Waals surface area (Å²) in [5, 5.41) is 8.73. The summed E-state index contributed by atoms with van der Waals surface area (Å²) in [5.41, 5.74) is 0.171. The average Bonchev–Trinajstić information content (AvgIpc) is 2.17. The van der Waals surface area contributed by atoms with Crippen LogP contribution >= 0.6 is 11.6 Å². The molecule has 2 nitrogen and oxygen atoms in total. The van der Waals surface area contributed by atoms with Crippen molar-refractivity contribution >= 4 is 17.6 Å². The van der Waals surface area contributed by atoms with Crippen molar-refractivity contribution < 1.29 is 23.1 Å². The van der Waals surface area contributed by atoms with Gasteiger partial charge in [-0.2, -0.15) is 13.2 Å². The molecule has 0 aliphatic carbocycles. The molecule has 1 rings (SSSR count). The molecule has 0 amide bonds. The van der Waals surface area contributed by atoms with E-state index in [-0.39, 0.29) is 16.1 Å². The van der Waals surface area contributed by atoms with Crippen molar-refractivity contribution in [3.8, 4) is 0 Å². The van der Waals surface area contributed by atoms with Crippen molar-refractivity contribution in [1.29, 1.82) is 0 Å². The summed E-state index contributed by atoms with van der Waals surface area (Å²) in [6, 6.07) is 4.10. The lowest BCUT2D eigenvalue weighted by atomic mass is 9.91. The van der Waals surface area contributed by atoms with Gasteiger partial charge in [0.25, 0.3) is 0 Å². The molecule has 1 aromatic carbocycles. The number of hydrogen-bond donors (Lipinski definition) is 1. The standard InChI is InChI=1S/C11H10ClF3O2/c1-6-7(3-2-4-9(6)12)8(5-10(16)17)11(13,14)15/h2-4,8H,5H2,1H3,(H,16,17). The van der Waals surface area contributed by atoms with Crippen molar-refractivity contribution in [2.45, 2.75) is 25.4 Å². The number of alkyl halides is 3. The maximum absolute atomic E-state index is 12.8. The number of carboxylic acids is 1. The third-order valence-corrected chi connectivity index (χ3v) is 2.87. The second-order valence-corrected chi connectivity index (χ2v) is 4.05. The van der Waals surface area contributed by atoms with E-state index in [9.17, 15) is 18.0 Å². The monoisotopic (exact) mass is 266 g/mol. The molecule has 0 heterocycles. The number of rotatable bonds is 3. The van der Waals surface area contributed by atoms with Crippen LogP contribution in [0, 0.1) is 6.92 Å². The molecule has 0 aromatic heterocycles. The lowest BCUT2D eigenvalue weighted by Gasteiger charge is -2.21. The highest BCUT2D eigenvalue weighted by Gasteiger charge is 2.42. The van der Waals surface area contributed by atoms with E-state index in [2.05, 4.69) is 0 Å². The van der Waals surface area contributed by atoms with Crippen LogP contribution in [-0.2, 0) is 4.79 Å². The van der Waals surface area contributed by atoms with Crippen LogP contribution in [0.4, 0.5) is 13.2 Å². The van der Waals surface area contributed by atoms with Crippen LogP contribution in [0.25, 0.3) is 0 Å². The number of carboxylic acid groups (broad SMARTS) is 1. The van der Waals surface area contributed by atoms with E-state index in [1.54, 1.807) is 0 Å². The SMILES string of the molecule is Cc1c(Cl)cccc1C(CC(=O)O)C(F)(F)F. The molecular weight excluding hydrogens is 257 g/mol. The number of hydrogen-bond acceptors (Lipinski definition) is 1. The van der Waals surface area contributed by atoms with Gasteiger partial charge >= 0.3 is 12.1 Å². The molecule has 6 heteroatoms. The second-order valence-electron chi connectivity index (χ2n) is 3.65. The summed E-state index contributed by atoms with van der Waals surface area (Å²) >= 11 is 5.73. The molecule has 1 unspecified atom stereocenters. The quantitative estimate of drug-likeness (QED) is 0.904. The first-order chi connectivity index (χ1) is 7.73. The third kappa shape index (κ3) is 3.36. The Hall–Kier alpha value is -1.23.